The highest BCUT2D eigenvalue weighted by atomic mass is 32.2. The van der Waals surface area contributed by atoms with Crippen LogP contribution in [0.2, 0.25) is 0 Å². The van der Waals surface area contributed by atoms with Gasteiger partial charge < -0.3 is 0 Å². The van der Waals surface area contributed by atoms with Gasteiger partial charge in [0.1, 0.15) is 5.78 Å². The van der Waals surface area contributed by atoms with Gasteiger partial charge in [-0.05, 0) is 61.7 Å². The van der Waals surface area contributed by atoms with Crippen molar-refractivity contribution < 1.29 is 13.2 Å². The molecule has 0 spiro atoms. The van der Waals surface area contributed by atoms with E-state index in [-0.39, 0.29) is 23.0 Å². The summed E-state index contributed by atoms with van der Waals surface area (Å²) in [5, 5.41) is 2.57. The Kier molecular flexibility index (Phi) is 6.04. The topological polar surface area (TPSA) is 54.5 Å². The Hall–Kier alpha value is -1.55. The fourth-order valence-corrected chi connectivity index (χ4v) is 11.8. The number of carbonyl (C=O) groups is 1. The molecule has 0 amide bonds. The quantitative estimate of drug-likeness (QED) is 0.552. The Bertz CT molecular complexity index is 1080. The van der Waals surface area contributed by atoms with E-state index >= 15 is 0 Å². The molecule has 4 nitrogen and oxygen atoms in total. The first-order chi connectivity index (χ1) is 15.7. The first-order valence-electron chi connectivity index (χ1n) is 12.2. The van der Waals surface area contributed by atoms with Crippen molar-refractivity contribution in [1.82, 2.24) is 4.31 Å². The third-order valence-electron chi connectivity index (χ3n) is 8.78. The van der Waals surface area contributed by atoms with Gasteiger partial charge in [-0.2, -0.15) is 4.31 Å². The van der Waals surface area contributed by atoms with Crippen LogP contribution in [-0.4, -0.2) is 43.0 Å². The fraction of sp³-hybridized carbons (Fsp3) is 0.519. The number of hydrogen-bond donors (Lipinski definition) is 0. The Morgan fingerprint density at radius 2 is 1.58 bits per heavy atom. The van der Waals surface area contributed by atoms with E-state index in [1.165, 1.54) is 10.6 Å². The van der Waals surface area contributed by atoms with Gasteiger partial charge in [0.25, 0.3) is 0 Å². The second kappa shape index (κ2) is 8.59. The Morgan fingerprint density at radius 1 is 0.970 bits per heavy atom. The summed E-state index contributed by atoms with van der Waals surface area (Å²) in [7, 11) is -4.19. The van der Waals surface area contributed by atoms with Crippen LogP contribution in [0.4, 0.5) is 0 Å². The SMILES string of the molecule is CC1(C)[C@@H]2CC[C@]1(CS(=O)(=O)N1CCC[C@H]1CP(c1ccccc1)c1ccccc1)C(=O)C2. The van der Waals surface area contributed by atoms with Crippen LogP contribution in [0, 0.1) is 16.7 Å². The van der Waals surface area contributed by atoms with Crippen LogP contribution in [0.15, 0.2) is 60.7 Å². The van der Waals surface area contributed by atoms with Crippen molar-refractivity contribution in [2.75, 3.05) is 18.5 Å². The van der Waals surface area contributed by atoms with E-state index in [9.17, 15) is 13.2 Å². The normalized spacial score (nSPS) is 29.2. The van der Waals surface area contributed by atoms with Gasteiger partial charge >= 0.3 is 0 Å². The number of fused-ring (bicyclic) bond motifs is 2. The van der Waals surface area contributed by atoms with Crippen LogP contribution >= 0.6 is 7.92 Å². The number of sulfonamides is 1. The van der Waals surface area contributed by atoms with Gasteiger partial charge in [0, 0.05) is 24.4 Å². The molecule has 176 valence electrons. The van der Waals surface area contributed by atoms with E-state index in [1.54, 1.807) is 4.31 Å². The average Bonchev–Trinajstić information content (AvgIpc) is 3.42. The maximum Gasteiger partial charge on any atom is 0.215 e. The maximum atomic E-state index is 13.9. The molecular formula is C27H34NO3PS. The molecule has 2 aromatic carbocycles. The summed E-state index contributed by atoms with van der Waals surface area (Å²) in [6.07, 6.45) is 4.87. The molecule has 1 aliphatic heterocycles. The van der Waals surface area contributed by atoms with Gasteiger partial charge in [-0.3, -0.25) is 4.79 Å². The molecule has 3 fully saturated rings. The van der Waals surface area contributed by atoms with Crippen molar-refractivity contribution in [2.24, 2.45) is 16.7 Å². The molecule has 5 rings (SSSR count). The van der Waals surface area contributed by atoms with E-state index in [2.05, 4.69) is 62.4 Å². The van der Waals surface area contributed by atoms with E-state index < -0.39 is 23.4 Å². The fourth-order valence-electron chi connectivity index (χ4n) is 6.65. The van der Waals surface area contributed by atoms with Crippen LogP contribution in [0.3, 0.4) is 0 Å². The molecule has 2 bridgehead atoms. The molecule has 2 aliphatic carbocycles. The van der Waals surface area contributed by atoms with Crippen molar-refractivity contribution in [3.8, 4) is 0 Å². The van der Waals surface area contributed by atoms with E-state index in [0.29, 0.717) is 18.9 Å². The number of carbonyl (C=O) groups excluding carboxylic acids is 1. The van der Waals surface area contributed by atoms with E-state index in [4.69, 9.17) is 0 Å². The molecule has 6 heteroatoms. The predicted octanol–water partition coefficient (Wildman–Crippen LogP) is 4.31. The van der Waals surface area contributed by atoms with E-state index in [0.717, 1.165) is 31.8 Å². The van der Waals surface area contributed by atoms with Crippen LogP contribution in [-0.2, 0) is 14.8 Å². The lowest BCUT2D eigenvalue weighted by Gasteiger charge is -2.38. The third-order valence-corrected chi connectivity index (χ3v) is 13.5. The van der Waals surface area contributed by atoms with Crippen LogP contribution in [0.25, 0.3) is 0 Å². The molecule has 0 radical (unpaired) electrons. The zero-order chi connectivity index (χ0) is 23.3. The minimum absolute atomic E-state index is 0.00487. The molecule has 3 atom stereocenters. The Labute approximate surface area is 199 Å². The molecule has 0 unspecified atom stereocenters. The summed E-state index contributed by atoms with van der Waals surface area (Å²) < 4.78 is 29.5. The number of benzene rings is 2. The largest absolute Gasteiger partial charge is 0.299 e. The minimum atomic E-state index is -3.53. The zero-order valence-corrected chi connectivity index (χ0v) is 21.3. The summed E-state index contributed by atoms with van der Waals surface area (Å²) in [6, 6.07) is 21.0. The monoisotopic (exact) mass is 483 g/mol. The number of hydrogen-bond acceptors (Lipinski definition) is 3. The molecule has 0 aromatic heterocycles. The first kappa shape index (κ1) is 23.2. The lowest BCUT2D eigenvalue weighted by molar-refractivity contribution is -0.128. The number of Topliss-reactive ketones (excluding diaryl/α,β-unsaturated/α-hetero) is 1. The van der Waals surface area contributed by atoms with Crippen LogP contribution in [0.5, 0.6) is 0 Å². The van der Waals surface area contributed by atoms with Crippen molar-refractivity contribution in [3.05, 3.63) is 60.7 Å². The third kappa shape index (κ3) is 3.90. The standard InChI is InChI=1S/C27H34NO3PS/c1-26(2)21-15-16-27(26,25(29)18-21)20-33(30,31)28-17-9-10-22(28)19-32(23-11-5-3-6-12-23)24-13-7-4-8-14-24/h3-8,11-14,21-22H,9-10,15-20H2,1-2H3/t21-,22+,27+/m1/s1. The predicted molar refractivity (Wildman–Crippen MR) is 136 cm³/mol. The highest BCUT2D eigenvalue weighted by molar-refractivity contribution is 7.89. The van der Waals surface area contributed by atoms with Crippen molar-refractivity contribution in [2.45, 2.75) is 52.0 Å². The van der Waals surface area contributed by atoms with Gasteiger partial charge in [0.05, 0.1) is 5.75 Å². The van der Waals surface area contributed by atoms with Crippen LogP contribution in [0.1, 0.15) is 46.0 Å². The number of ketones is 1. The molecular weight excluding hydrogens is 449 g/mol. The molecule has 1 heterocycles. The highest BCUT2D eigenvalue weighted by Gasteiger charge is 2.65. The molecule has 3 aliphatic rings. The molecule has 33 heavy (non-hydrogen) atoms. The highest BCUT2D eigenvalue weighted by Crippen LogP contribution is 2.64. The number of rotatable bonds is 7. The summed E-state index contributed by atoms with van der Waals surface area (Å²) >= 11 is 0. The molecule has 1 saturated heterocycles. The Balaban J connectivity index is 1.42. The van der Waals surface area contributed by atoms with Crippen molar-refractivity contribution in [3.63, 3.8) is 0 Å². The van der Waals surface area contributed by atoms with E-state index in [1.807, 2.05) is 12.1 Å². The lowest BCUT2D eigenvalue weighted by atomic mass is 9.70. The van der Waals surface area contributed by atoms with Gasteiger partial charge in [-0.25, -0.2) is 8.42 Å². The second-order valence-electron chi connectivity index (χ2n) is 10.6. The molecule has 2 aromatic rings. The summed E-state index contributed by atoms with van der Waals surface area (Å²) in [4.78, 5) is 13.0. The zero-order valence-electron chi connectivity index (χ0n) is 19.6. The van der Waals surface area contributed by atoms with Crippen LogP contribution < -0.4 is 10.6 Å². The maximum absolute atomic E-state index is 13.9. The van der Waals surface area contributed by atoms with Crippen molar-refractivity contribution in [1.29, 1.82) is 0 Å². The molecule has 0 N–H and O–H groups in total. The van der Waals surface area contributed by atoms with Crippen molar-refractivity contribution >= 4 is 34.3 Å². The summed E-state index contributed by atoms with van der Waals surface area (Å²) in [5.74, 6) is 0.505. The average molecular weight is 484 g/mol. The van der Waals surface area contributed by atoms with Gasteiger partial charge in [0.15, 0.2) is 0 Å². The minimum Gasteiger partial charge on any atom is -0.299 e. The number of nitrogens with zero attached hydrogens (tertiary/aromatic N) is 1. The first-order valence-corrected chi connectivity index (χ1v) is 15.3. The Morgan fingerprint density at radius 3 is 2.09 bits per heavy atom. The van der Waals surface area contributed by atoms with Gasteiger partial charge in [-0.1, -0.05) is 74.5 Å². The molecule has 2 saturated carbocycles. The van der Waals surface area contributed by atoms with Gasteiger partial charge in [-0.15, -0.1) is 0 Å². The summed E-state index contributed by atoms with van der Waals surface area (Å²) in [5.41, 5.74) is -0.930. The lowest BCUT2D eigenvalue weighted by Crippen LogP contribution is -2.48. The smallest absolute Gasteiger partial charge is 0.215 e. The second-order valence-corrected chi connectivity index (χ2v) is 14.8. The van der Waals surface area contributed by atoms with Gasteiger partial charge in [0.2, 0.25) is 10.0 Å². The summed E-state index contributed by atoms with van der Waals surface area (Å²) in [6.45, 7) is 4.82.